The van der Waals surface area contributed by atoms with E-state index in [2.05, 4.69) is 58.1 Å². The summed E-state index contributed by atoms with van der Waals surface area (Å²) < 4.78 is 15.2. The highest BCUT2D eigenvalue weighted by Gasteiger charge is 2.17. The zero-order valence-corrected chi connectivity index (χ0v) is 16.7. The second-order valence-corrected chi connectivity index (χ2v) is 7.47. The Hall–Kier alpha value is -3.25. The van der Waals surface area contributed by atoms with Gasteiger partial charge in [-0.05, 0) is 24.3 Å². The number of thiazole rings is 1. The van der Waals surface area contributed by atoms with Crippen molar-refractivity contribution in [2.75, 3.05) is 14.2 Å². The van der Waals surface area contributed by atoms with Crippen molar-refractivity contribution in [2.45, 2.75) is 0 Å². The third kappa shape index (κ3) is 2.49. The third-order valence-electron chi connectivity index (χ3n) is 5.06. The number of rotatable bonds is 4. The average Bonchev–Trinajstić information content (AvgIpc) is 3.40. The molecule has 0 aliphatic rings. The highest BCUT2D eigenvalue weighted by molar-refractivity contribution is 7.15. The summed E-state index contributed by atoms with van der Waals surface area (Å²) >= 11 is 1.64. The van der Waals surface area contributed by atoms with Crippen LogP contribution < -0.4 is 9.47 Å². The Kier molecular flexibility index (Phi) is 3.87. The van der Waals surface area contributed by atoms with Gasteiger partial charge in [0.15, 0.2) is 4.96 Å². The lowest BCUT2D eigenvalue weighted by molar-refractivity contribution is 0.404. The van der Waals surface area contributed by atoms with Crippen molar-refractivity contribution in [1.82, 2.24) is 14.0 Å². The second kappa shape index (κ2) is 6.42. The Bertz CT molecular complexity index is 1310. The summed E-state index contributed by atoms with van der Waals surface area (Å²) in [7, 11) is 5.41. The smallest absolute Gasteiger partial charge is 0.194 e. The van der Waals surface area contributed by atoms with Crippen molar-refractivity contribution in [3.8, 4) is 34.0 Å². The molecule has 0 saturated heterocycles. The number of aryl methyl sites for hydroxylation is 1. The standard InChI is InChI=1S/C22H19N3O2S/c1-24-11-17(15-6-4-5-7-19(15)24)20-13-28-22-23-18(12-25(20)22)16-10-14(26-2)8-9-21(16)27-3/h4-13H,1-3H3. The van der Waals surface area contributed by atoms with Gasteiger partial charge >= 0.3 is 0 Å². The average molecular weight is 389 g/mol. The van der Waals surface area contributed by atoms with Crippen LogP contribution in [0.2, 0.25) is 0 Å². The van der Waals surface area contributed by atoms with Crippen LogP contribution in [0, 0.1) is 0 Å². The number of benzene rings is 2. The Morgan fingerprint density at radius 1 is 0.964 bits per heavy atom. The van der Waals surface area contributed by atoms with Crippen LogP contribution in [0.4, 0.5) is 0 Å². The highest BCUT2D eigenvalue weighted by atomic mass is 32.1. The number of para-hydroxylation sites is 1. The maximum Gasteiger partial charge on any atom is 0.194 e. The molecule has 0 radical (unpaired) electrons. The van der Waals surface area contributed by atoms with E-state index in [9.17, 15) is 0 Å². The van der Waals surface area contributed by atoms with Crippen LogP contribution in [-0.4, -0.2) is 28.2 Å². The largest absolute Gasteiger partial charge is 0.497 e. The van der Waals surface area contributed by atoms with E-state index in [0.717, 1.165) is 33.4 Å². The third-order valence-corrected chi connectivity index (χ3v) is 5.90. The molecular weight excluding hydrogens is 370 g/mol. The monoisotopic (exact) mass is 389 g/mol. The summed E-state index contributed by atoms with van der Waals surface area (Å²) in [6.45, 7) is 0. The number of fused-ring (bicyclic) bond motifs is 2. The van der Waals surface area contributed by atoms with Gasteiger partial charge in [0.2, 0.25) is 0 Å². The van der Waals surface area contributed by atoms with Crippen molar-refractivity contribution < 1.29 is 9.47 Å². The summed E-state index contributed by atoms with van der Waals surface area (Å²) in [5.41, 5.74) is 5.33. The van der Waals surface area contributed by atoms with E-state index >= 15 is 0 Å². The molecular formula is C22H19N3O2S. The normalized spacial score (nSPS) is 11.4. The number of methoxy groups -OCH3 is 2. The van der Waals surface area contributed by atoms with Crippen LogP contribution in [-0.2, 0) is 7.05 Å². The van der Waals surface area contributed by atoms with Gasteiger partial charge in [-0.2, -0.15) is 0 Å². The minimum Gasteiger partial charge on any atom is -0.497 e. The topological polar surface area (TPSA) is 40.7 Å². The van der Waals surface area contributed by atoms with Gasteiger partial charge in [0.05, 0.1) is 25.6 Å². The first-order valence-electron chi connectivity index (χ1n) is 8.93. The first-order valence-corrected chi connectivity index (χ1v) is 9.81. The first kappa shape index (κ1) is 16.9. The molecule has 3 aromatic heterocycles. The van der Waals surface area contributed by atoms with Crippen LogP contribution in [0.1, 0.15) is 0 Å². The summed E-state index contributed by atoms with van der Waals surface area (Å²) in [5.74, 6) is 1.56. The summed E-state index contributed by atoms with van der Waals surface area (Å²) in [6.07, 6.45) is 4.25. The van der Waals surface area contributed by atoms with Gasteiger partial charge in [-0.3, -0.25) is 4.40 Å². The molecule has 0 fully saturated rings. The van der Waals surface area contributed by atoms with Crippen molar-refractivity contribution in [1.29, 1.82) is 0 Å². The van der Waals surface area contributed by atoms with Crippen LogP contribution in [0.15, 0.2) is 60.2 Å². The van der Waals surface area contributed by atoms with Crippen LogP contribution in [0.25, 0.3) is 38.4 Å². The Balaban J connectivity index is 1.70. The molecule has 0 saturated carbocycles. The highest BCUT2D eigenvalue weighted by Crippen LogP contribution is 2.37. The van der Waals surface area contributed by atoms with Crippen molar-refractivity contribution >= 4 is 27.2 Å². The molecule has 28 heavy (non-hydrogen) atoms. The first-order chi connectivity index (χ1) is 13.7. The number of ether oxygens (including phenoxy) is 2. The number of aromatic nitrogens is 3. The number of hydrogen-bond donors (Lipinski definition) is 0. The molecule has 140 valence electrons. The zero-order chi connectivity index (χ0) is 19.3. The number of hydrogen-bond acceptors (Lipinski definition) is 4. The van der Waals surface area contributed by atoms with Gasteiger partial charge in [-0.1, -0.05) is 18.2 Å². The predicted molar refractivity (Wildman–Crippen MR) is 114 cm³/mol. The maximum atomic E-state index is 5.54. The number of nitrogens with zero attached hydrogens (tertiary/aromatic N) is 3. The lowest BCUT2D eigenvalue weighted by Gasteiger charge is -2.08. The SMILES string of the molecule is COc1ccc(OC)c(-c2cn3c(-c4cn(C)c5ccccc45)csc3n2)c1. The van der Waals surface area contributed by atoms with Gasteiger partial charge in [0.25, 0.3) is 0 Å². The fraction of sp³-hybridized carbons (Fsp3) is 0.136. The molecule has 2 aromatic carbocycles. The van der Waals surface area contributed by atoms with Gasteiger partial charge in [0.1, 0.15) is 11.5 Å². The van der Waals surface area contributed by atoms with Gasteiger partial charge in [-0.25, -0.2) is 4.98 Å². The second-order valence-electron chi connectivity index (χ2n) is 6.64. The molecule has 0 unspecified atom stereocenters. The molecule has 5 aromatic rings. The predicted octanol–water partition coefficient (Wildman–Crippen LogP) is 5.24. The molecule has 6 heteroatoms. The van der Waals surface area contributed by atoms with Crippen LogP contribution in [0.3, 0.4) is 0 Å². The van der Waals surface area contributed by atoms with E-state index in [1.54, 1.807) is 25.6 Å². The quantitative estimate of drug-likeness (QED) is 0.422. The van der Waals surface area contributed by atoms with Gasteiger partial charge in [0, 0.05) is 46.9 Å². The fourth-order valence-electron chi connectivity index (χ4n) is 3.67. The summed E-state index contributed by atoms with van der Waals surface area (Å²) in [6, 6.07) is 14.2. The molecule has 0 aliphatic heterocycles. The molecule has 3 heterocycles. The summed E-state index contributed by atoms with van der Waals surface area (Å²) in [5, 5.41) is 3.40. The Morgan fingerprint density at radius 3 is 2.64 bits per heavy atom. The van der Waals surface area contributed by atoms with E-state index in [4.69, 9.17) is 14.5 Å². The summed E-state index contributed by atoms with van der Waals surface area (Å²) in [4.78, 5) is 5.79. The molecule has 0 atom stereocenters. The minimum atomic E-state index is 0.776. The minimum absolute atomic E-state index is 0.776. The van der Waals surface area contributed by atoms with Gasteiger partial charge < -0.3 is 14.0 Å². The van der Waals surface area contributed by atoms with E-state index in [1.807, 2.05) is 18.2 Å². The fourth-order valence-corrected chi connectivity index (χ4v) is 4.54. The van der Waals surface area contributed by atoms with E-state index in [0.29, 0.717) is 0 Å². The van der Waals surface area contributed by atoms with E-state index in [1.165, 1.54) is 16.5 Å². The molecule has 0 aliphatic carbocycles. The van der Waals surface area contributed by atoms with Crippen molar-refractivity contribution in [3.63, 3.8) is 0 Å². The van der Waals surface area contributed by atoms with Crippen LogP contribution >= 0.6 is 11.3 Å². The van der Waals surface area contributed by atoms with Gasteiger partial charge in [-0.15, -0.1) is 11.3 Å². The Labute approximate surface area is 166 Å². The molecule has 0 bridgehead atoms. The Morgan fingerprint density at radius 2 is 1.82 bits per heavy atom. The van der Waals surface area contributed by atoms with Crippen molar-refractivity contribution in [2.24, 2.45) is 7.05 Å². The lowest BCUT2D eigenvalue weighted by Crippen LogP contribution is -1.90. The maximum absolute atomic E-state index is 5.54. The molecule has 0 N–H and O–H groups in total. The molecule has 0 amide bonds. The van der Waals surface area contributed by atoms with E-state index in [-0.39, 0.29) is 0 Å². The lowest BCUT2D eigenvalue weighted by atomic mass is 10.1. The van der Waals surface area contributed by atoms with Crippen molar-refractivity contribution in [3.05, 3.63) is 60.2 Å². The number of imidazole rings is 1. The zero-order valence-electron chi connectivity index (χ0n) is 15.8. The molecule has 5 nitrogen and oxygen atoms in total. The molecule has 0 spiro atoms. The molecule has 5 rings (SSSR count). The van der Waals surface area contributed by atoms with E-state index < -0.39 is 0 Å². The van der Waals surface area contributed by atoms with Crippen LogP contribution in [0.5, 0.6) is 11.5 Å².